The molecule has 5 heteroatoms. The summed E-state index contributed by atoms with van der Waals surface area (Å²) in [5.41, 5.74) is 2.75. The standard InChI is InChI=1S/C17H34O2Si3/c1-16-11-13-17(14-12-16)10-9-15-22(8,18-20(2,3)4)19-21(5,6)7/h11-14H,9-10,15H2,1-8H3. The smallest absolute Gasteiger partial charge is 0.314 e. The van der Waals surface area contributed by atoms with Crippen molar-refractivity contribution in [1.29, 1.82) is 0 Å². The highest BCUT2D eigenvalue weighted by Gasteiger charge is 2.39. The fourth-order valence-corrected chi connectivity index (χ4v) is 15.3. The second kappa shape index (κ2) is 7.57. The molecule has 0 spiro atoms. The van der Waals surface area contributed by atoms with Gasteiger partial charge in [0.05, 0.1) is 0 Å². The fourth-order valence-electron chi connectivity index (χ4n) is 2.79. The van der Waals surface area contributed by atoms with Crippen LogP contribution in [0, 0.1) is 6.92 Å². The van der Waals surface area contributed by atoms with Gasteiger partial charge in [0.15, 0.2) is 16.6 Å². The first-order valence-corrected chi connectivity index (χ1v) is 17.7. The number of benzene rings is 1. The van der Waals surface area contributed by atoms with Crippen molar-refractivity contribution in [3.63, 3.8) is 0 Å². The van der Waals surface area contributed by atoms with Crippen LogP contribution in [0.3, 0.4) is 0 Å². The summed E-state index contributed by atoms with van der Waals surface area (Å²) in [5, 5.41) is 0. The van der Waals surface area contributed by atoms with Crippen molar-refractivity contribution >= 4 is 25.2 Å². The zero-order valence-electron chi connectivity index (χ0n) is 15.7. The van der Waals surface area contributed by atoms with E-state index in [-0.39, 0.29) is 0 Å². The summed E-state index contributed by atoms with van der Waals surface area (Å²) in [4.78, 5) is 0. The Hall–Kier alpha value is -0.209. The lowest BCUT2D eigenvalue weighted by atomic mass is 10.1. The monoisotopic (exact) mass is 354 g/mol. The molecule has 126 valence electrons. The molecule has 0 unspecified atom stereocenters. The predicted octanol–water partition coefficient (Wildman–Crippen LogP) is 5.70. The van der Waals surface area contributed by atoms with E-state index in [1.807, 2.05) is 0 Å². The minimum Gasteiger partial charge on any atom is -0.437 e. The van der Waals surface area contributed by atoms with Crippen LogP contribution in [-0.2, 0) is 14.7 Å². The van der Waals surface area contributed by atoms with Crippen molar-refractivity contribution in [2.75, 3.05) is 0 Å². The Kier molecular flexibility index (Phi) is 6.83. The van der Waals surface area contributed by atoms with E-state index in [0.717, 1.165) is 18.9 Å². The third-order valence-electron chi connectivity index (χ3n) is 3.26. The molecule has 0 heterocycles. The van der Waals surface area contributed by atoms with Crippen LogP contribution in [0.4, 0.5) is 0 Å². The highest BCUT2D eigenvalue weighted by atomic mass is 28.5. The topological polar surface area (TPSA) is 18.5 Å². The van der Waals surface area contributed by atoms with Crippen LogP contribution in [0.25, 0.3) is 0 Å². The number of hydrogen-bond acceptors (Lipinski definition) is 2. The van der Waals surface area contributed by atoms with Gasteiger partial charge in [0.1, 0.15) is 0 Å². The maximum atomic E-state index is 6.55. The maximum absolute atomic E-state index is 6.55. The largest absolute Gasteiger partial charge is 0.437 e. The Labute approximate surface area is 140 Å². The van der Waals surface area contributed by atoms with E-state index < -0.39 is 25.2 Å². The first kappa shape index (κ1) is 19.8. The van der Waals surface area contributed by atoms with Gasteiger partial charge in [-0.1, -0.05) is 29.8 Å². The van der Waals surface area contributed by atoms with Gasteiger partial charge in [-0.25, -0.2) is 0 Å². The van der Waals surface area contributed by atoms with E-state index >= 15 is 0 Å². The first-order valence-electron chi connectivity index (χ1n) is 8.34. The quantitative estimate of drug-likeness (QED) is 0.557. The van der Waals surface area contributed by atoms with E-state index in [0.29, 0.717) is 0 Å². The molecule has 0 aliphatic rings. The number of aryl methyl sites for hydroxylation is 2. The molecule has 0 radical (unpaired) electrons. The minimum absolute atomic E-state index is 1.09. The summed E-state index contributed by atoms with van der Waals surface area (Å²) in [7, 11) is -5.20. The molecule has 1 rings (SSSR count). The van der Waals surface area contributed by atoms with Gasteiger partial charge < -0.3 is 8.23 Å². The van der Waals surface area contributed by atoms with Gasteiger partial charge in [-0.2, -0.15) is 0 Å². The summed E-state index contributed by atoms with van der Waals surface area (Å²) in [6, 6.07) is 9.97. The van der Waals surface area contributed by atoms with Crippen molar-refractivity contribution in [1.82, 2.24) is 0 Å². The third kappa shape index (κ3) is 8.43. The normalized spacial score (nSPS) is 13.5. The molecule has 0 amide bonds. The summed E-state index contributed by atoms with van der Waals surface area (Å²) in [6.07, 6.45) is 2.27. The van der Waals surface area contributed by atoms with Gasteiger partial charge in [0.2, 0.25) is 0 Å². The molecule has 0 aliphatic heterocycles. The second-order valence-corrected chi connectivity index (χ2v) is 21.3. The molecule has 2 nitrogen and oxygen atoms in total. The molecular formula is C17H34O2Si3. The van der Waals surface area contributed by atoms with Crippen LogP contribution in [0.15, 0.2) is 24.3 Å². The van der Waals surface area contributed by atoms with Crippen LogP contribution in [-0.4, -0.2) is 25.2 Å². The molecule has 0 bridgehead atoms. The highest BCUT2D eigenvalue weighted by molar-refractivity contribution is 6.87. The van der Waals surface area contributed by atoms with Gasteiger partial charge in [0, 0.05) is 0 Å². The van der Waals surface area contributed by atoms with E-state index in [1.54, 1.807) is 0 Å². The Morgan fingerprint density at radius 3 is 1.64 bits per heavy atom. The van der Waals surface area contributed by atoms with Crippen LogP contribution in [0.2, 0.25) is 51.9 Å². The lowest BCUT2D eigenvalue weighted by Crippen LogP contribution is -2.52. The summed E-state index contributed by atoms with van der Waals surface area (Å²) in [6.45, 7) is 18.0. The van der Waals surface area contributed by atoms with Crippen LogP contribution < -0.4 is 0 Å². The van der Waals surface area contributed by atoms with Crippen molar-refractivity contribution in [2.24, 2.45) is 0 Å². The van der Waals surface area contributed by atoms with E-state index in [1.165, 1.54) is 11.1 Å². The maximum Gasteiger partial charge on any atom is 0.314 e. The van der Waals surface area contributed by atoms with Gasteiger partial charge >= 0.3 is 8.56 Å². The minimum atomic E-state index is -2.06. The Morgan fingerprint density at radius 2 is 1.23 bits per heavy atom. The van der Waals surface area contributed by atoms with Crippen LogP contribution >= 0.6 is 0 Å². The summed E-state index contributed by atoms with van der Waals surface area (Å²) >= 11 is 0. The summed E-state index contributed by atoms with van der Waals surface area (Å²) < 4.78 is 13.1. The highest BCUT2D eigenvalue weighted by Crippen LogP contribution is 2.26. The van der Waals surface area contributed by atoms with E-state index in [2.05, 4.69) is 77.0 Å². The molecule has 22 heavy (non-hydrogen) atoms. The lowest BCUT2D eigenvalue weighted by molar-refractivity contribution is 0.381. The lowest BCUT2D eigenvalue weighted by Gasteiger charge is -2.38. The van der Waals surface area contributed by atoms with Crippen molar-refractivity contribution < 1.29 is 8.23 Å². The number of rotatable bonds is 8. The summed E-state index contributed by atoms with van der Waals surface area (Å²) in [5.74, 6) is 0. The van der Waals surface area contributed by atoms with Crippen molar-refractivity contribution in [2.45, 2.75) is 71.6 Å². The van der Waals surface area contributed by atoms with Gasteiger partial charge in [-0.05, 0) is 77.2 Å². The zero-order valence-corrected chi connectivity index (χ0v) is 18.7. The second-order valence-electron chi connectivity index (χ2n) is 8.40. The van der Waals surface area contributed by atoms with Gasteiger partial charge in [-0.3, -0.25) is 0 Å². The molecule has 0 aliphatic carbocycles. The Bertz CT molecular complexity index is 442. The molecular weight excluding hydrogens is 320 g/mol. The van der Waals surface area contributed by atoms with E-state index in [4.69, 9.17) is 8.23 Å². The molecule has 0 saturated carbocycles. The molecule has 0 aromatic heterocycles. The first-order chi connectivity index (χ1) is 9.89. The molecule has 1 aromatic rings. The van der Waals surface area contributed by atoms with Gasteiger partial charge in [0.25, 0.3) is 0 Å². The average molecular weight is 355 g/mol. The fraction of sp³-hybridized carbons (Fsp3) is 0.647. The third-order valence-corrected chi connectivity index (χ3v) is 12.9. The van der Waals surface area contributed by atoms with Gasteiger partial charge in [-0.15, -0.1) is 0 Å². The molecule has 0 atom stereocenters. The predicted molar refractivity (Wildman–Crippen MR) is 105 cm³/mol. The van der Waals surface area contributed by atoms with Crippen molar-refractivity contribution in [3.05, 3.63) is 35.4 Å². The molecule has 0 fully saturated rings. The SMILES string of the molecule is Cc1ccc(CCC[Si](C)(O[Si](C)(C)C)O[Si](C)(C)C)cc1. The van der Waals surface area contributed by atoms with Crippen molar-refractivity contribution in [3.8, 4) is 0 Å². The molecule has 1 aromatic carbocycles. The zero-order chi connectivity index (χ0) is 17.0. The molecule has 0 saturated heterocycles. The van der Waals surface area contributed by atoms with Crippen LogP contribution in [0.1, 0.15) is 17.5 Å². The number of hydrogen-bond donors (Lipinski definition) is 0. The van der Waals surface area contributed by atoms with Crippen LogP contribution in [0.5, 0.6) is 0 Å². The Morgan fingerprint density at radius 1 is 0.773 bits per heavy atom. The van der Waals surface area contributed by atoms with E-state index in [9.17, 15) is 0 Å². The molecule has 0 N–H and O–H groups in total. The Balaban J connectivity index is 2.66. The average Bonchev–Trinajstić information content (AvgIpc) is 2.26.